The Labute approximate surface area is 137 Å². The molecule has 1 aliphatic rings. The van der Waals surface area contributed by atoms with Gasteiger partial charge in [-0.3, -0.25) is 9.67 Å². The van der Waals surface area contributed by atoms with Crippen molar-refractivity contribution in [3.8, 4) is 0 Å². The van der Waals surface area contributed by atoms with E-state index >= 15 is 0 Å². The first-order valence-corrected chi connectivity index (χ1v) is 8.21. The van der Waals surface area contributed by atoms with Crippen LogP contribution >= 0.6 is 0 Å². The largest absolute Gasteiger partial charge is 0.385 e. The molecule has 0 saturated carbocycles. The number of aryl methyl sites for hydroxylation is 2. The molecule has 2 N–H and O–H groups in total. The van der Waals surface area contributed by atoms with E-state index in [0.29, 0.717) is 12.6 Å². The van der Waals surface area contributed by atoms with Crippen LogP contribution in [0.4, 0.5) is 5.82 Å². The number of rotatable bonds is 5. The van der Waals surface area contributed by atoms with Crippen molar-refractivity contribution in [2.75, 3.05) is 24.5 Å². The molecule has 0 spiro atoms. The average molecular weight is 315 g/mol. The normalized spacial score (nSPS) is 19.8. The highest BCUT2D eigenvalue weighted by Crippen LogP contribution is 2.20. The Morgan fingerprint density at radius 3 is 3.00 bits per heavy atom. The highest BCUT2D eigenvalue weighted by molar-refractivity contribution is 5.41. The van der Waals surface area contributed by atoms with Gasteiger partial charge < -0.3 is 15.3 Å². The van der Waals surface area contributed by atoms with Crippen LogP contribution in [0, 0.1) is 6.92 Å². The zero-order chi connectivity index (χ0) is 16.2. The van der Waals surface area contributed by atoms with Crippen LogP contribution in [0.2, 0.25) is 0 Å². The average Bonchev–Trinajstić information content (AvgIpc) is 2.92. The van der Waals surface area contributed by atoms with Crippen molar-refractivity contribution in [2.24, 2.45) is 7.05 Å². The molecule has 6 nitrogen and oxygen atoms in total. The lowest BCUT2D eigenvalue weighted by Crippen LogP contribution is -2.47. The lowest BCUT2D eigenvalue weighted by atomic mass is 10.1. The summed E-state index contributed by atoms with van der Waals surface area (Å²) in [5.41, 5.74) is 1.76. The third-order valence-corrected chi connectivity index (χ3v) is 4.35. The summed E-state index contributed by atoms with van der Waals surface area (Å²) in [7, 11) is 1.99. The molecule has 0 amide bonds. The molecule has 3 heterocycles. The first-order chi connectivity index (χ1) is 11.1. The molecule has 0 bridgehead atoms. The molecule has 0 radical (unpaired) electrons. The van der Waals surface area contributed by atoms with E-state index in [-0.39, 0.29) is 0 Å². The van der Waals surface area contributed by atoms with Gasteiger partial charge >= 0.3 is 0 Å². The second-order valence-corrected chi connectivity index (χ2v) is 6.23. The molecule has 2 atom stereocenters. The summed E-state index contributed by atoms with van der Waals surface area (Å²) in [4.78, 5) is 6.58. The van der Waals surface area contributed by atoms with E-state index in [2.05, 4.69) is 26.4 Å². The second-order valence-electron chi connectivity index (χ2n) is 6.23. The minimum atomic E-state index is -0.564. The van der Waals surface area contributed by atoms with Gasteiger partial charge in [-0.15, -0.1) is 0 Å². The third-order valence-electron chi connectivity index (χ3n) is 4.35. The van der Waals surface area contributed by atoms with Gasteiger partial charge in [0.1, 0.15) is 11.9 Å². The summed E-state index contributed by atoms with van der Waals surface area (Å²) in [5, 5.41) is 18.1. The van der Waals surface area contributed by atoms with E-state index in [4.69, 9.17) is 0 Å². The number of aliphatic hydroxyl groups is 1. The maximum Gasteiger partial charge on any atom is 0.126 e. The molecule has 124 valence electrons. The van der Waals surface area contributed by atoms with E-state index in [1.165, 1.54) is 5.82 Å². The molecule has 1 fully saturated rings. The topological polar surface area (TPSA) is 66.2 Å². The lowest BCUT2D eigenvalue weighted by Gasteiger charge is -2.34. The van der Waals surface area contributed by atoms with Gasteiger partial charge in [0.05, 0.1) is 11.4 Å². The summed E-state index contributed by atoms with van der Waals surface area (Å²) in [5.74, 6) is 1.17. The summed E-state index contributed by atoms with van der Waals surface area (Å²) < 4.78 is 1.94. The van der Waals surface area contributed by atoms with Crippen LogP contribution in [0.3, 0.4) is 0 Å². The quantitative estimate of drug-likeness (QED) is 0.873. The fraction of sp³-hybridized carbons (Fsp3) is 0.529. The molecule has 23 heavy (non-hydrogen) atoms. The molecule has 3 rings (SSSR count). The number of aliphatic hydroxyl groups excluding tert-OH is 1. The van der Waals surface area contributed by atoms with Gasteiger partial charge in [0, 0.05) is 45.0 Å². The maximum atomic E-state index is 10.2. The van der Waals surface area contributed by atoms with Gasteiger partial charge in [-0.2, -0.15) is 5.10 Å². The van der Waals surface area contributed by atoms with Crippen molar-refractivity contribution >= 4 is 5.82 Å². The van der Waals surface area contributed by atoms with Crippen molar-refractivity contribution in [3.63, 3.8) is 0 Å². The standard InChI is InChI=1S/C17H25N5O/c1-13-10-17(21(2)20-13)22-9-5-6-14(12-22)19-11-16(23)15-7-3-4-8-18-15/h3-4,7-8,10,14,16,19,23H,5-6,9,11-12H2,1-2H3. The minimum Gasteiger partial charge on any atom is -0.385 e. The van der Waals surface area contributed by atoms with E-state index in [1.807, 2.05) is 36.9 Å². The van der Waals surface area contributed by atoms with Crippen LogP contribution in [0.1, 0.15) is 30.3 Å². The summed E-state index contributed by atoms with van der Waals surface area (Å²) in [6.45, 7) is 4.54. The fourth-order valence-corrected chi connectivity index (χ4v) is 3.20. The van der Waals surface area contributed by atoms with E-state index < -0.39 is 6.10 Å². The summed E-state index contributed by atoms with van der Waals surface area (Å²) in [6.07, 6.45) is 3.42. The summed E-state index contributed by atoms with van der Waals surface area (Å²) >= 11 is 0. The Bertz CT molecular complexity index is 627. The first-order valence-electron chi connectivity index (χ1n) is 8.21. The molecular weight excluding hydrogens is 290 g/mol. The number of hydrogen-bond acceptors (Lipinski definition) is 5. The maximum absolute atomic E-state index is 10.2. The van der Waals surface area contributed by atoms with Gasteiger partial charge in [-0.05, 0) is 31.9 Å². The van der Waals surface area contributed by atoms with Gasteiger partial charge in [-0.1, -0.05) is 6.07 Å². The Morgan fingerprint density at radius 1 is 1.43 bits per heavy atom. The highest BCUT2D eigenvalue weighted by Gasteiger charge is 2.22. The highest BCUT2D eigenvalue weighted by atomic mass is 16.3. The number of anilines is 1. The molecule has 2 aromatic rings. The van der Waals surface area contributed by atoms with Crippen molar-refractivity contribution in [1.82, 2.24) is 20.1 Å². The number of hydrogen-bond donors (Lipinski definition) is 2. The smallest absolute Gasteiger partial charge is 0.126 e. The van der Waals surface area contributed by atoms with Gasteiger partial charge in [0.15, 0.2) is 0 Å². The van der Waals surface area contributed by atoms with Crippen LogP contribution in [-0.4, -0.2) is 45.5 Å². The van der Waals surface area contributed by atoms with Gasteiger partial charge in [0.25, 0.3) is 0 Å². The Hall–Kier alpha value is -1.92. The van der Waals surface area contributed by atoms with Crippen molar-refractivity contribution in [1.29, 1.82) is 0 Å². The minimum absolute atomic E-state index is 0.373. The molecule has 1 aliphatic heterocycles. The Balaban J connectivity index is 1.56. The fourth-order valence-electron chi connectivity index (χ4n) is 3.20. The predicted octanol–water partition coefficient (Wildman–Crippen LogP) is 1.42. The van der Waals surface area contributed by atoms with Gasteiger partial charge in [-0.25, -0.2) is 0 Å². The van der Waals surface area contributed by atoms with Gasteiger partial charge in [0.2, 0.25) is 0 Å². The lowest BCUT2D eigenvalue weighted by molar-refractivity contribution is 0.163. The van der Waals surface area contributed by atoms with Crippen molar-refractivity contribution < 1.29 is 5.11 Å². The van der Waals surface area contributed by atoms with Crippen molar-refractivity contribution in [3.05, 3.63) is 41.9 Å². The zero-order valence-electron chi connectivity index (χ0n) is 13.8. The van der Waals surface area contributed by atoms with E-state index in [1.54, 1.807) is 6.20 Å². The van der Waals surface area contributed by atoms with Crippen LogP contribution in [0.15, 0.2) is 30.5 Å². The Morgan fingerprint density at radius 2 is 2.30 bits per heavy atom. The number of nitrogens with one attached hydrogen (secondary N) is 1. The number of aromatic nitrogens is 3. The second kappa shape index (κ2) is 7.10. The number of piperidine rings is 1. The van der Waals surface area contributed by atoms with Crippen LogP contribution in [0.5, 0.6) is 0 Å². The number of pyridine rings is 1. The predicted molar refractivity (Wildman–Crippen MR) is 90.4 cm³/mol. The van der Waals surface area contributed by atoms with E-state index in [0.717, 1.165) is 37.3 Å². The van der Waals surface area contributed by atoms with Crippen LogP contribution in [0.25, 0.3) is 0 Å². The molecule has 2 unspecified atom stereocenters. The summed E-state index contributed by atoms with van der Waals surface area (Å²) in [6, 6.07) is 8.12. The number of nitrogens with zero attached hydrogens (tertiary/aromatic N) is 4. The molecule has 6 heteroatoms. The van der Waals surface area contributed by atoms with E-state index in [9.17, 15) is 5.11 Å². The zero-order valence-corrected chi connectivity index (χ0v) is 13.8. The molecule has 2 aromatic heterocycles. The van der Waals surface area contributed by atoms with Crippen LogP contribution < -0.4 is 10.2 Å². The molecular formula is C17H25N5O. The van der Waals surface area contributed by atoms with Crippen LogP contribution in [-0.2, 0) is 7.05 Å². The van der Waals surface area contributed by atoms with Crippen molar-refractivity contribution in [2.45, 2.75) is 31.9 Å². The molecule has 0 aromatic carbocycles. The SMILES string of the molecule is Cc1cc(N2CCCC(NCC(O)c3ccccn3)C2)n(C)n1. The third kappa shape index (κ3) is 3.89. The Kier molecular flexibility index (Phi) is 4.93. The molecule has 0 aliphatic carbocycles. The monoisotopic (exact) mass is 315 g/mol. The first kappa shape index (κ1) is 16.0. The molecule has 1 saturated heterocycles.